The van der Waals surface area contributed by atoms with Crippen LogP contribution in [-0.4, -0.2) is 17.1 Å². The van der Waals surface area contributed by atoms with Gasteiger partial charge in [-0.2, -0.15) is 0 Å². The van der Waals surface area contributed by atoms with Gasteiger partial charge < -0.3 is 4.74 Å². The molecule has 0 bridgehead atoms. The third-order valence-corrected chi connectivity index (χ3v) is 2.34. The fraction of sp³-hybridized carbons (Fsp3) is 0.0909. The first-order valence-electron chi connectivity index (χ1n) is 4.63. The summed E-state index contributed by atoms with van der Waals surface area (Å²) >= 11 is 5.53. The zero-order valence-corrected chi connectivity index (χ0v) is 9.50. The van der Waals surface area contributed by atoms with Crippen LogP contribution in [0.3, 0.4) is 0 Å². The smallest absolute Gasteiger partial charge is 0.181 e. The van der Waals surface area contributed by atoms with Gasteiger partial charge in [0, 0.05) is 18.5 Å². The molecule has 0 N–H and O–H groups in total. The van der Waals surface area contributed by atoms with Gasteiger partial charge in [0.1, 0.15) is 16.7 Å². The summed E-state index contributed by atoms with van der Waals surface area (Å²) in [5, 5.41) is 0.0154. The van der Waals surface area contributed by atoms with Gasteiger partial charge in [-0.3, -0.25) is 4.98 Å². The highest BCUT2D eigenvalue weighted by molar-refractivity contribution is 6.29. The molecule has 0 amide bonds. The van der Waals surface area contributed by atoms with E-state index in [1.807, 2.05) is 0 Å². The molecule has 2 aromatic rings. The molecule has 0 unspecified atom stereocenters. The highest BCUT2D eigenvalue weighted by atomic mass is 35.5. The van der Waals surface area contributed by atoms with Crippen molar-refractivity contribution in [3.05, 3.63) is 41.3 Å². The maximum absolute atomic E-state index is 13.6. The van der Waals surface area contributed by atoms with Crippen molar-refractivity contribution in [2.24, 2.45) is 0 Å². The lowest BCUT2D eigenvalue weighted by Gasteiger charge is -2.08. The van der Waals surface area contributed by atoms with Gasteiger partial charge in [0.2, 0.25) is 0 Å². The summed E-state index contributed by atoms with van der Waals surface area (Å²) < 4.78 is 31.9. The van der Waals surface area contributed by atoms with Gasteiger partial charge in [-0.15, -0.1) is 0 Å². The van der Waals surface area contributed by atoms with E-state index in [-0.39, 0.29) is 22.2 Å². The van der Waals surface area contributed by atoms with Crippen LogP contribution in [0.25, 0.3) is 11.3 Å². The van der Waals surface area contributed by atoms with Gasteiger partial charge in [-0.25, -0.2) is 13.8 Å². The Kier molecular flexibility index (Phi) is 3.19. The van der Waals surface area contributed by atoms with E-state index in [2.05, 4.69) is 9.97 Å². The average molecular weight is 257 g/mol. The van der Waals surface area contributed by atoms with Gasteiger partial charge in [0.05, 0.1) is 12.7 Å². The van der Waals surface area contributed by atoms with Crippen LogP contribution in [0.15, 0.2) is 24.5 Å². The number of ether oxygens (including phenoxy) is 1. The summed E-state index contributed by atoms with van der Waals surface area (Å²) in [5.74, 6) is -1.39. The van der Waals surface area contributed by atoms with Crippen molar-refractivity contribution in [3.63, 3.8) is 0 Å². The summed E-state index contributed by atoms with van der Waals surface area (Å²) in [7, 11) is 1.28. The van der Waals surface area contributed by atoms with E-state index in [0.29, 0.717) is 0 Å². The van der Waals surface area contributed by atoms with E-state index in [9.17, 15) is 8.78 Å². The zero-order valence-electron chi connectivity index (χ0n) is 8.75. The number of hydrogen-bond acceptors (Lipinski definition) is 3. The number of rotatable bonds is 2. The molecule has 0 fully saturated rings. The summed E-state index contributed by atoms with van der Waals surface area (Å²) in [6, 6.07) is 2.16. The van der Waals surface area contributed by atoms with Gasteiger partial charge in [-0.1, -0.05) is 11.6 Å². The third-order valence-electron chi connectivity index (χ3n) is 2.14. The maximum atomic E-state index is 13.6. The molecule has 0 saturated heterocycles. The Labute approximate surface area is 101 Å². The molecule has 2 rings (SSSR count). The minimum Gasteiger partial charge on any atom is -0.491 e. The van der Waals surface area contributed by atoms with Crippen LogP contribution < -0.4 is 4.74 Å². The first-order chi connectivity index (χ1) is 8.13. The van der Waals surface area contributed by atoms with Crippen LogP contribution in [0.5, 0.6) is 5.75 Å². The van der Waals surface area contributed by atoms with Crippen molar-refractivity contribution in [2.75, 3.05) is 7.11 Å². The number of pyridine rings is 2. The molecule has 0 aliphatic rings. The molecule has 6 heteroatoms. The molecule has 88 valence electrons. The van der Waals surface area contributed by atoms with Crippen LogP contribution >= 0.6 is 11.6 Å². The van der Waals surface area contributed by atoms with Gasteiger partial charge in [0.25, 0.3) is 0 Å². The molecule has 0 aromatic carbocycles. The lowest BCUT2D eigenvalue weighted by Crippen LogP contribution is -1.97. The molecule has 0 aliphatic heterocycles. The number of aromatic nitrogens is 2. The lowest BCUT2D eigenvalue weighted by atomic mass is 10.1. The Morgan fingerprint density at radius 2 is 2.00 bits per heavy atom. The molecule has 17 heavy (non-hydrogen) atoms. The Hall–Kier alpha value is -1.75. The molecule has 0 atom stereocenters. The summed E-state index contributed by atoms with van der Waals surface area (Å²) in [4.78, 5) is 7.61. The first-order valence-corrected chi connectivity index (χ1v) is 5.01. The molecule has 2 aromatic heterocycles. The molecule has 3 nitrogen and oxygen atoms in total. The molecule has 0 spiro atoms. The van der Waals surface area contributed by atoms with Crippen LogP contribution in [0.4, 0.5) is 8.78 Å². The second-order valence-electron chi connectivity index (χ2n) is 3.16. The Balaban J connectivity index is 2.64. The Morgan fingerprint density at radius 1 is 1.24 bits per heavy atom. The average Bonchev–Trinajstić information content (AvgIpc) is 2.29. The number of hydrogen-bond donors (Lipinski definition) is 0. The highest BCUT2D eigenvalue weighted by Crippen LogP contribution is 2.31. The minimum atomic E-state index is -0.638. The number of methoxy groups -OCH3 is 1. The van der Waals surface area contributed by atoms with Crippen LogP contribution in [0.2, 0.25) is 5.15 Å². The van der Waals surface area contributed by atoms with E-state index >= 15 is 0 Å². The second kappa shape index (κ2) is 4.63. The molecular formula is C11H7ClF2N2O. The fourth-order valence-corrected chi connectivity index (χ4v) is 1.54. The normalized spacial score (nSPS) is 10.4. The van der Waals surface area contributed by atoms with Crippen LogP contribution in [0, 0.1) is 11.6 Å². The van der Waals surface area contributed by atoms with E-state index in [1.54, 1.807) is 0 Å². The van der Waals surface area contributed by atoms with E-state index in [4.69, 9.17) is 16.3 Å². The SMILES string of the molecule is COc1c(F)ccnc1-c1cnc(Cl)cc1F. The predicted molar refractivity (Wildman–Crippen MR) is 58.9 cm³/mol. The van der Waals surface area contributed by atoms with E-state index < -0.39 is 11.6 Å². The van der Waals surface area contributed by atoms with Gasteiger partial charge >= 0.3 is 0 Å². The monoisotopic (exact) mass is 256 g/mol. The minimum absolute atomic E-state index is 0.0154. The van der Waals surface area contributed by atoms with E-state index in [1.165, 1.54) is 19.5 Å². The van der Waals surface area contributed by atoms with Gasteiger partial charge in [0.15, 0.2) is 11.6 Å². The van der Waals surface area contributed by atoms with Crippen LogP contribution in [-0.2, 0) is 0 Å². The van der Waals surface area contributed by atoms with Crippen LogP contribution in [0.1, 0.15) is 0 Å². The topological polar surface area (TPSA) is 35.0 Å². The lowest BCUT2D eigenvalue weighted by molar-refractivity contribution is 0.386. The maximum Gasteiger partial charge on any atom is 0.181 e. The molecule has 0 radical (unpaired) electrons. The van der Waals surface area contributed by atoms with Crippen molar-refractivity contribution in [2.45, 2.75) is 0 Å². The van der Waals surface area contributed by atoms with Crippen molar-refractivity contribution in [1.29, 1.82) is 0 Å². The third kappa shape index (κ3) is 2.19. The largest absolute Gasteiger partial charge is 0.491 e. The first kappa shape index (κ1) is 11.7. The van der Waals surface area contributed by atoms with Crippen molar-refractivity contribution in [3.8, 4) is 17.0 Å². The molecular weight excluding hydrogens is 250 g/mol. The summed E-state index contributed by atoms with van der Waals surface area (Å²) in [6.45, 7) is 0. The van der Waals surface area contributed by atoms with Gasteiger partial charge in [-0.05, 0) is 6.07 Å². The Morgan fingerprint density at radius 3 is 2.65 bits per heavy atom. The zero-order chi connectivity index (χ0) is 12.4. The molecule has 0 saturated carbocycles. The second-order valence-corrected chi connectivity index (χ2v) is 3.55. The fourth-order valence-electron chi connectivity index (χ4n) is 1.39. The summed E-state index contributed by atoms with van der Waals surface area (Å²) in [6.07, 6.45) is 2.41. The quantitative estimate of drug-likeness (QED) is 0.775. The highest BCUT2D eigenvalue weighted by Gasteiger charge is 2.16. The predicted octanol–water partition coefficient (Wildman–Crippen LogP) is 3.08. The molecule has 2 heterocycles. The summed E-state index contributed by atoms with van der Waals surface area (Å²) in [5.41, 5.74) is 0.0833. The van der Waals surface area contributed by atoms with Crippen molar-refractivity contribution in [1.82, 2.24) is 9.97 Å². The number of halogens is 3. The van der Waals surface area contributed by atoms with E-state index in [0.717, 1.165) is 12.1 Å². The number of nitrogens with zero attached hydrogens (tertiary/aromatic N) is 2. The standard InChI is InChI=1S/C11H7ClF2N2O/c1-17-11-7(13)2-3-15-10(11)6-5-16-9(12)4-8(6)14/h2-5H,1H3. The van der Waals surface area contributed by atoms with Crippen molar-refractivity contribution >= 4 is 11.6 Å². The van der Waals surface area contributed by atoms with Crippen molar-refractivity contribution < 1.29 is 13.5 Å². The Bertz CT molecular complexity index is 563. The molecule has 0 aliphatic carbocycles.